The molecule has 30 heavy (non-hydrogen) atoms. The number of hydrogen-bond acceptors (Lipinski definition) is 4. The maximum absolute atomic E-state index is 12.3. The first-order valence-corrected chi connectivity index (χ1v) is 9.85. The van der Waals surface area contributed by atoms with Gasteiger partial charge in [0.2, 0.25) is 0 Å². The third-order valence-corrected chi connectivity index (χ3v) is 4.93. The van der Waals surface area contributed by atoms with Crippen molar-refractivity contribution >= 4 is 28.3 Å². The van der Waals surface area contributed by atoms with Gasteiger partial charge in [0, 0.05) is 28.5 Å². The summed E-state index contributed by atoms with van der Waals surface area (Å²) in [7, 11) is 0. The van der Waals surface area contributed by atoms with Crippen LogP contribution in [0.4, 0.5) is 16.2 Å². The molecule has 4 aromatic rings. The Bertz CT molecular complexity index is 1170. The summed E-state index contributed by atoms with van der Waals surface area (Å²) in [6, 6.07) is 15.1. The number of hydrogen-bond donors (Lipinski definition) is 3. The number of amides is 2. The van der Waals surface area contributed by atoms with E-state index in [2.05, 4.69) is 27.6 Å². The number of urea groups is 1. The Morgan fingerprint density at radius 3 is 2.60 bits per heavy atom. The zero-order chi connectivity index (χ0) is 20.9. The first-order chi connectivity index (χ1) is 14.7. The highest BCUT2D eigenvalue weighted by atomic mass is 16.3. The third-order valence-electron chi connectivity index (χ3n) is 4.93. The number of anilines is 2. The number of pyridine rings is 1. The number of rotatable bonds is 6. The van der Waals surface area contributed by atoms with Crippen molar-refractivity contribution in [2.45, 2.75) is 19.9 Å². The van der Waals surface area contributed by atoms with Gasteiger partial charge in [0.1, 0.15) is 0 Å². The molecule has 7 heteroatoms. The molecule has 2 aromatic heterocycles. The first-order valence-electron chi connectivity index (χ1n) is 9.85. The van der Waals surface area contributed by atoms with E-state index in [-0.39, 0.29) is 12.6 Å². The normalized spacial score (nSPS) is 10.9. The molecule has 2 heterocycles. The van der Waals surface area contributed by atoms with E-state index in [1.807, 2.05) is 48.5 Å². The summed E-state index contributed by atoms with van der Waals surface area (Å²) in [4.78, 5) is 16.6. The van der Waals surface area contributed by atoms with Crippen LogP contribution in [0.25, 0.3) is 22.0 Å². The molecule has 152 valence electrons. The molecule has 7 nitrogen and oxygen atoms in total. The summed E-state index contributed by atoms with van der Waals surface area (Å²) in [5.41, 5.74) is 5.42. The number of aromatic nitrogens is 3. The number of nitrogens with zero attached hydrogens (tertiary/aromatic N) is 3. The van der Waals surface area contributed by atoms with Gasteiger partial charge < -0.3 is 15.7 Å². The Balaban J connectivity index is 1.49. The number of carbonyl (C=O) groups excluding carboxylic acids is 1. The Labute approximate surface area is 174 Å². The van der Waals surface area contributed by atoms with E-state index >= 15 is 0 Å². The average Bonchev–Trinajstić information content (AvgIpc) is 3.18. The van der Waals surface area contributed by atoms with Gasteiger partial charge in [-0.2, -0.15) is 5.10 Å². The van der Waals surface area contributed by atoms with E-state index in [4.69, 9.17) is 0 Å². The molecule has 0 saturated heterocycles. The van der Waals surface area contributed by atoms with Gasteiger partial charge in [-0.25, -0.2) is 4.79 Å². The molecule has 0 spiro atoms. The second-order valence-electron chi connectivity index (χ2n) is 6.92. The van der Waals surface area contributed by atoms with Gasteiger partial charge >= 0.3 is 6.03 Å². The molecule has 0 atom stereocenters. The molecule has 2 amide bonds. The highest BCUT2D eigenvalue weighted by molar-refractivity contribution is 6.00. The zero-order valence-corrected chi connectivity index (χ0v) is 16.7. The maximum Gasteiger partial charge on any atom is 0.323 e. The van der Waals surface area contributed by atoms with Crippen LogP contribution in [0, 0.1) is 0 Å². The van der Waals surface area contributed by atoms with Crippen molar-refractivity contribution in [3.05, 3.63) is 72.7 Å². The number of aliphatic hydroxyl groups is 1. The average molecular weight is 401 g/mol. The fraction of sp³-hybridized carbons (Fsp3) is 0.174. The van der Waals surface area contributed by atoms with Gasteiger partial charge in [-0.05, 0) is 41.8 Å². The van der Waals surface area contributed by atoms with Crippen molar-refractivity contribution in [1.29, 1.82) is 0 Å². The summed E-state index contributed by atoms with van der Waals surface area (Å²) >= 11 is 0. The molecule has 0 aliphatic carbocycles. The standard InChI is InChI=1S/C23H23N5O2/c1-2-16-4-3-5-19(12-16)27-23(30)26-18-8-6-17(7-9-18)20-13-24-15-22-21(20)14-25-28(22)10-11-29/h3-9,12-15,29H,2,10-11H2,1H3,(H2,26,27,30). The van der Waals surface area contributed by atoms with Crippen LogP contribution in [0.2, 0.25) is 0 Å². The van der Waals surface area contributed by atoms with Crippen molar-refractivity contribution in [1.82, 2.24) is 14.8 Å². The largest absolute Gasteiger partial charge is 0.394 e. The lowest BCUT2D eigenvalue weighted by molar-refractivity contribution is 0.262. The lowest BCUT2D eigenvalue weighted by Gasteiger charge is -2.10. The first kappa shape index (κ1) is 19.6. The monoisotopic (exact) mass is 401 g/mol. The Kier molecular flexibility index (Phi) is 5.72. The van der Waals surface area contributed by atoms with Crippen molar-refractivity contribution in [2.75, 3.05) is 17.2 Å². The topological polar surface area (TPSA) is 92.1 Å². The molecule has 2 aromatic carbocycles. The Morgan fingerprint density at radius 2 is 1.83 bits per heavy atom. The van der Waals surface area contributed by atoms with Crippen molar-refractivity contribution in [3.63, 3.8) is 0 Å². The van der Waals surface area contributed by atoms with Crippen LogP contribution in [0.1, 0.15) is 12.5 Å². The minimum Gasteiger partial charge on any atom is -0.394 e. The van der Waals surface area contributed by atoms with Crippen LogP contribution in [-0.2, 0) is 13.0 Å². The molecule has 0 saturated carbocycles. The van der Waals surface area contributed by atoms with Crippen molar-refractivity contribution in [2.24, 2.45) is 0 Å². The Morgan fingerprint density at radius 1 is 1.03 bits per heavy atom. The molecule has 3 N–H and O–H groups in total. The SMILES string of the molecule is CCc1cccc(NC(=O)Nc2ccc(-c3cncc4c3cnn4CCO)cc2)c1. The molecule has 4 rings (SSSR count). The van der Waals surface area contributed by atoms with E-state index in [0.29, 0.717) is 12.2 Å². The smallest absolute Gasteiger partial charge is 0.323 e. The highest BCUT2D eigenvalue weighted by Crippen LogP contribution is 2.28. The van der Waals surface area contributed by atoms with Crippen LogP contribution < -0.4 is 10.6 Å². The molecular weight excluding hydrogens is 378 g/mol. The number of benzene rings is 2. The van der Waals surface area contributed by atoms with Crippen molar-refractivity contribution in [3.8, 4) is 11.1 Å². The lowest BCUT2D eigenvalue weighted by atomic mass is 10.0. The van der Waals surface area contributed by atoms with Crippen LogP contribution in [-0.4, -0.2) is 32.5 Å². The number of nitrogens with one attached hydrogen (secondary N) is 2. The van der Waals surface area contributed by atoms with Crippen molar-refractivity contribution < 1.29 is 9.90 Å². The third kappa shape index (κ3) is 4.16. The van der Waals surface area contributed by atoms with E-state index in [1.54, 1.807) is 23.3 Å². The minimum absolute atomic E-state index is 0.0200. The Hall–Kier alpha value is -3.71. The predicted octanol–water partition coefficient (Wildman–Crippen LogP) is 4.30. The van der Waals surface area contributed by atoms with E-state index < -0.39 is 0 Å². The second kappa shape index (κ2) is 8.75. The summed E-state index contributed by atoms with van der Waals surface area (Å²) < 4.78 is 1.74. The van der Waals surface area contributed by atoms with Gasteiger partial charge in [0.25, 0.3) is 0 Å². The fourth-order valence-electron chi connectivity index (χ4n) is 3.39. The fourth-order valence-corrected chi connectivity index (χ4v) is 3.39. The summed E-state index contributed by atoms with van der Waals surface area (Å²) in [5, 5.41) is 20.2. The van der Waals surface area contributed by atoms with E-state index in [9.17, 15) is 9.90 Å². The minimum atomic E-state index is -0.287. The molecule has 0 aliphatic rings. The predicted molar refractivity (Wildman–Crippen MR) is 119 cm³/mol. The van der Waals surface area contributed by atoms with Crippen LogP contribution in [0.5, 0.6) is 0 Å². The van der Waals surface area contributed by atoms with Gasteiger partial charge in [0.15, 0.2) is 0 Å². The number of carbonyl (C=O) groups is 1. The quantitative estimate of drug-likeness (QED) is 0.449. The second-order valence-corrected chi connectivity index (χ2v) is 6.92. The van der Waals surface area contributed by atoms with E-state index in [1.165, 1.54) is 5.56 Å². The summed E-state index contributed by atoms with van der Waals surface area (Å²) in [6.45, 7) is 2.52. The summed E-state index contributed by atoms with van der Waals surface area (Å²) in [6.07, 6.45) is 6.24. The van der Waals surface area contributed by atoms with Crippen LogP contribution in [0.15, 0.2) is 67.1 Å². The molecule has 0 fully saturated rings. The summed E-state index contributed by atoms with van der Waals surface area (Å²) in [5.74, 6) is 0. The molecular formula is C23H23N5O2. The van der Waals surface area contributed by atoms with Gasteiger partial charge in [-0.1, -0.05) is 31.2 Å². The number of aryl methyl sites for hydroxylation is 1. The number of fused-ring (bicyclic) bond motifs is 1. The van der Waals surface area contributed by atoms with Gasteiger partial charge in [-0.3, -0.25) is 9.67 Å². The zero-order valence-electron chi connectivity index (χ0n) is 16.7. The highest BCUT2D eigenvalue weighted by Gasteiger charge is 2.10. The number of aliphatic hydroxyl groups excluding tert-OH is 1. The van der Waals surface area contributed by atoms with Gasteiger partial charge in [-0.15, -0.1) is 0 Å². The maximum atomic E-state index is 12.3. The molecule has 0 radical (unpaired) electrons. The molecule has 0 aliphatic heterocycles. The van der Waals surface area contributed by atoms with Crippen LogP contribution in [0.3, 0.4) is 0 Å². The van der Waals surface area contributed by atoms with E-state index in [0.717, 1.165) is 34.1 Å². The molecule has 0 unspecified atom stereocenters. The molecule has 0 bridgehead atoms. The van der Waals surface area contributed by atoms with Crippen LogP contribution >= 0.6 is 0 Å². The van der Waals surface area contributed by atoms with Gasteiger partial charge in [0.05, 0.1) is 31.1 Å². The lowest BCUT2D eigenvalue weighted by Crippen LogP contribution is -2.19.